The summed E-state index contributed by atoms with van der Waals surface area (Å²) in [6.45, 7) is 0. The van der Waals surface area contributed by atoms with Gasteiger partial charge in [0.2, 0.25) is 5.95 Å². The molecular weight excluding hydrogens is 726 g/mol. The van der Waals surface area contributed by atoms with Gasteiger partial charge in [0.25, 0.3) is 15.9 Å². The van der Waals surface area contributed by atoms with Crippen LogP contribution in [-0.4, -0.2) is 41.4 Å². The summed E-state index contributed by atoms with van der Waals surface area (Å²) in [5.74, 6) is -6.83. The minimum atomic E-state index is -4.68. The molecule has 1 atom stereocenters. The molecule has 4 aromatic carbocycles. The number of nitrogens with one attached hydrogen (secondary N) is 2. The first-order valence-electron chi connectivity index (χ1n) is 15.4. The second-order valence-electron chi connectivity index (χ2n) is 11.6. The van der Waals surface area contributed by atoms with E-state index in [9.17, 15) is 40.7 Å². The lowest BCUT2D eigenvalue weighted by Gasteiger charge is -2.18. The number of benzene rings is 4. The van der Waals surface area contributed by atoms with Crippen LogP contribution >= 0.6 is 0 Å². The Morgan fingerprint density at radius 2 is 1.47 bits per heavy atom. The SMILES string of the molecule is O=C(N[C@@H](Cc1ccc(-c2ccccc2C(F)(F)F)c2ncccc12)C(=O)O)c1c(F)cc(NS(=O)(=O)c2ccc(-c3ccnc(F)c3)cc2)cc1F. The summed E-state index contributed by atoms with van der Waals surface area (Å²) in [5, 5.41) is 12.3. The highest BCUT2D eigenvalue weighted by Crippen LogP contribution is 2.39. The highest BCUT2D eigenvalue weighted by molar-refractivity contribution is 7.92. The van der Waals surface area contributed by atoms with Crippen LogP contribution in [0.15, 0.2) is 114 Å². The number of carbonyl (C=O) groups is 2. The van der Waals surface area contributed by atoms with Crippen molar-refractivity contribution >= 4 is 38.5 Å². The van der Waals surface area contributed by atoms with Gasteiger partial charge >= 0.3 is 12.1 Å². The number of alkyl halides is 3. The number of rotatable bonds is 10. The Labute approximate surface area is 297 Å². The summed E-state index contributed by atoms with van der Waals surface area (Å²) < 4.78 is 113. The molecule has 0 aliphatic carbocycles. The van der Waals surface area contributed by atoms with E-state index < -0.39 is 74.9 Å². The van der Waals surface area contributed by atoms with E-state index in [2.05, 4.69) is 15.3 Å². The standard InChI is InChI=1S/C37H24F6N4O5S/c38-29-18-23(47-53(51,52)24-10-7-20(8-11-24)21-13-15-44-32(40)17-21)19-30(39)33(29)35(48)46-31(36(49)50)16-22-9-12-27(34-25(22)5-3-14-45-34)26-4-1-2-6-28(26)37(41,42)43/h1-15,17-19,31,47H,16H2,(H,46,48)(H,49,50)/t31-/m0/s1. The lowest BCUT2D eigenvalue weighted by atomic mass is 9.93. The van der Waals surface area contributed by atoms with Gasteiger partial charge in [-0.2, -0.15) is 17.6 Å². The van der Waals surface area contributed by atoms with E-state index in [0.29, 0.717) is 23.3 Å². The number of carbonyl (C=O) groups excluding carboxylic acids is 1. The molecule has 6 aromatic rings. The third kappa shape index (κ3) is 7.82. The van der Waals surface area contributed by atoms with E-state index >= 15 is 8.78 Å². The summed E-state index contributed by atoms with van der Waals surface area (Å²) in [6, 6.07) is 17.7. The average Bonchev–Trinajstić information content (AvgIpc) is 3.10. The van der Waals surface area contributed by atoms with E-state index in [1.807, 2.05) is 4.72 Å². The number of sulfonamides is 1. The lowest BCUT2D eigenvalue weighted by molar-refractivity contribution is -0.139. The molecule has 0 saturated carbocycles. The first-order chi connectivity index (χ1) is 25.1. The number of aliphatic carboxylic acids is 1. The van der Waals surface area contributed by atoms with Crippen LogP contribution in [0.3, 0.4) is 0 Å². The van der Waals surface area contributed by atoms with Gasteiger partial charge < -0.3 is 10.4 Å². The number of hydrogen-bond acceptors (Lipinski definition) is 6. The molecule has 53 heavy (non-hydrogen) atoms. The number of pyridine rings is 2. The molecule has 16 heteroatoms. The van der Waals surface area contributed by atoms with Crippen molar-refractivity contribution in [3.63, 3.8) is 0 Å². The van der Waals surface area contributed by atoms with Gasteiger partial charge in [0, 0.05) is 35.8 Å². The van der Waals surface area contributed by atoms with Gasteiger partial charge in [-0.3, -0.25) is 14.5 Å². The number of halogens is 6. The molecule has 9 nitrogen and oxygen atoms in total. The Kier molecular flexibility index (Phi) is 9.90. The molecular formula is C37H24F6N4O5S. The fraction of sp³-hybridized carbons (Fsp3) is 0.0811. The minimum absolute atomic E-state index is 0.117. The average molecular weight is 751 g/mol. The molecule has 0 spiro atoms. The van der Waals surface area contributed by atoms with Crippen LogP contribution in [0, 0.1) is 17.6 Å². The Morgan fingerprint density at radius 3 is 2.13 bits per heavy atom. The Hall–Kier alpha value is -6.29. The number of nitrogens with zero attached hydrogens (tertiary/aromatic N) is 2. The summed E-state index contributed by atoms with van der Waals surface area (Å²) in [4.78, 5) is 32.7. The quantitative estimate of drug-likeness (QED) is 0.0968. The largest absolute Gasteiger partial charge is 0.480 e. The van der Waals surface area contributed by atoms with Crippen molar-refractivity contribution < 1.29 is 49.5 Å². The maximum Gasteiger partial charge on any atom is 0.417 e. The molecule has 2 heterocycles. The molecule has 0 saturated heterocycles. The molecule has 0 unspecified atom stereocenters. The first-order valence-corrected chi connectivity index (χ1v) is 16.9. The van der Waals surface area contributed by atoms with Crippen molar-refractivity contribution in [2.45, 2.75) is 23.5 Å². The zero-order chi connectivity index (χ0) is 38.1. The predicted molar refractivity (Wildman–Crippen MR) is 182 cm³/mol. The van der Waals surface area contributed by atoms with E-state index in [1.165, 1.54) is 85.2 Å². The van der Waals surface area contributed by atoms with Crippen LogP contribution in [0.5, 0.6) is 0 Å². The van der Waals surface area contributed by atoms with Crippen LogP contribution < -0.4 is 10.0 Å². The van der Waals surface area contributed by atoms with Gasteiger partial charge in [-0.1, -0.05) is 48.5 Å². The number of aromatic nitrogens is 2. The van der Waals surface area contributed by atoms with E-state index in [0.717, 1.165) is 12.1 Å². The number of anilines is 1. The molecule has 1 amide bonds. The Bertz CT molecular complexity index is 2470. The molecule has 2 aromatic heterocycles. The number of hydrogen-bond donors (Lipinski definition) is 3. The van der Waals surface area contributed by atoms with Gasteiger partial charge in [-0.05, 0) is 64.7 Å². The summed E-state index contributed by atoms with van der Waals surface area (Å²) in [5.41, 5.74) is -1.48. The topological polar surface area (TPSA) is 138 Å². The summed E-state index contributed by atoms with van der Waals surface area (Å²) >= 11 is 0. The molecule has 3 N–H and O–H groups in total. The van der Waals surface area contributed by atoms with Gasteiger partial charge in [-0.25, -0.2) is 27.0 Å². The normalized spacial score (nSPS) is 12.3. The van der Waals surface area contributed by atoms with Crippen molar-refractivity contribution in [3.05, 3.63) is 144 Å². The number of carboxylic acids is 1. The number of carboxylic acid groups (broad SMARTS) is 1. The van der Waals surface area contributed by atoms with Crippen LogP contribution in [0.1, 0.15) is 21.5 Å². The second-order valence-corrected chi connectivity index (χ2v) is 13.3. The molecule has 0 fully saturated rings. The summed E-state index contributed by atoms with van der Waals surface area (Å²) in [6.07, 6.45) is -2.56. The van der Waals surface area contributed by atoms with Gasteiger partial charge in [0.1, 0.15) is 23.2 Å². The second kappa shape index (κ2) is 14.4. The Balaban J connectivity index is 1.22. The number of amides is 1. The van der Waals surface area contributed by atoms with E-state index in [4.69, 9.17) is 0 Å². The zero-order valence-electron chi connectivity index (χ0n) is 26.8. The fourth-order valence-corrected chi connectivity index (χ4v) is 6.75. The highest BCUT2D eigenvalue weighted by Gasteiger charge is 2.34. The fourth-order valence-electron chi connectivity index (χ4n) is 5.71. The van der Waals surface area contributed by atoms with Gasteiger partial charge in [-0.15, -0.1) is 0 Å². The Morgan fingerprint density at radius 1 is 0.774 bits per heavy atom. The molecule has 0 aliphatic heterocycles. The molecule has 0 radical (unpaired) electrons. The van der Waals surface area contributed by atoms with Crippen LogP contribution in [0.2, 0.25) is 0 Å². The minimum Gasteiger partial charge on any atom is -0.480 e. The molecule has 0 bridgehead atoms. The zero-order valence-corrected chi connectivity index (χ0v) is 27.6. The lowest BCUT2D eigenvalue weighted by Crippen LogP contribution is -2.43. The van der Waals surface area contributed by atoms with Crippen molar-refractivity contribution in [1.82, 2.24) is 15.3 Å². The first kappa shape index (κ1) is 36.5. The van der Waals surface area contributed by atoms with E-state index in [-0.39, 0.29) is 32.5 Å². The van der Waals surface area contributed by atoms with Crippen LogP contribution in [-0.2, 0) is 27.4 Å². The van der Waals surface area contributed by atoms with Crippen molar-refractivity contribution in [3.8, 4) is 22.3 Å². The van der Waals surface area contributed by atoms with Crippen LogP contribution in [0.4, 0.5) is 32.0 Å². The van der Waals surface area contributed by atoms with Crippen molar-refractivity contribution in [2.75, 3.05) is 4.72 Å². The van der Waals surface area contributed by atoms with Gasteiger partial charge in [0.05, 0.1) is 21.7 Å². The van der Waals surface area contributed by atoms with Crippen molar-refractivity contribution in [1.29, 1.82) is 0 Å². The molecule has 270 valence electrons. The predicted octanol–water partition coefficient (Wildman–Crippen LogP) is 7.63. The smallest absolute Gasteiger partial charge is 0.417 e. The number of fused-ring (bicyclic) bond motifs is 1. The summed E-state index contributed by atoms with van der Waals surface area (Å²) in [7, 11) is -4.41. The van der Waals surface area contributed by atoms with Gasteiger partial charge in [0.15, 0.2) is 0 Å². The monoisotopic (exact) mass is 750 g/mol. The van der Waals surface area contributed by atoms with E-state index in [1.54, 1.807) is 0 Å². The maximum atomic E-state index is 15.2. The van der Waals surface area contributed by atoms with Crippen molar-refractivity contribution in [2.24, 2.45) is 0 Å². The highest BCUT2D eigenvalue weighted by atomic mass is 32.2. The van der Waals surface area contributed by atoms with Crippen LogP contribution in [0.25, 0.3) is 33.2 Å². The third-order valence-electron chi connectivity index (χ3n) is 8.16. The maximum absolute atomic E-state index is 15.2. The molecule has 0 aliphatic rings. The molecule has 6 rings (SSSR count). The third-order valence-corrected chi connectivity index (χ3v) is 9.55.